The average molecular weight is 372 g/mol. The molecule has 5 nitrogen and oxygen atoms in total. The van der Waals surface area contributed by atoms with Crippen LogP contribution >= 0.6 is 0 Å². The van der Waals surface area contributed by atoms with Crippen molar-refractivity contribution in [1.29, 1.82) is 0 Å². The summed E-state index contributed by atoms with van der Waals surface area (Å²) in [6, 6.07) is 4.12. The normalized spacial score (nSPS) is 34.5. The monoisotopic (exact) mass is 372 g/mol. The highest BCUT2D eigenvalue weighted by Crippen LogP contribution is 2.54. The molecule has 0 N–H and O–H groups in total. The van der Waals surface area contributed by atoms with Gasteiger partial charge in [-0.3, -0.25) is 9.59 Å². The summed E-state index contributed by atoms with van der Waals surface area (Å²) in [6.07, 6.45) is 0.442. The Morgan fingerprint density at radius 1 is 1.04 bits per heavy atom. The van der Waals surface area contributed by atoms with Gasteiger partial charge >= 0.3 is 0 Å². The molecular formula is C22H28O5. The molecule has 2 heterocycles. The van der Waals surface area contributed by atoms with Crippen molar-refractivity contribution in [2.24, 2.45) is 17.8 Å². The molecule has 0 aromatic heterocycles. The zero-order chi connectivity index (χ0) is 19.3. The van der Waals surface area contributed by atoms with Crippen LogP contribution in [0.5, 0.6) is 0 Å². The highest BCUT2D eigenvalue weighted by Gasteiger charge is 2.65. The lowest BCUT2D eigenvalue weighted by molar-refractivity contribution is -0.127. The molecule has 4 rings (SSSR count). The molecular weight excluding hydrogens is 344 g/mol. The van der Waals surface area contributed by atoms with Crippen LogP contribution in [0.4, 0.5) is 0 Å². The van der Waals surface area contributed by atoms with Gasteiger partial charge in [-0.2, -0.15) is 0 Å². The number of aryl methyl sites for hydroxylation is 3. The molecule has 3 aliphatic rings. The van der Waals surface area contributed by atoms with Crippen LogP contribution in [0.25, 0.3) is 0 Å². The van der Waals surface area contributed by atoms with Crippen molar-refractivity contribution in [3.63, 3.8) is 0 Å². The third-order valence-electron chi connectivity index (χ3n) is 6.43. The molecule has 1 saturated carbocycles. The molecule has 2 saturated heterocycles. The molecule has 3 fully saturated rings. The lowest BCUT2D eigenvalue weighted by Gasteiger charge is -2.25. The molecule has 0 amide bonds. The van der Waals surface area contributed by atoms with Crippen LogP contribution in [0, 0.1) is 38.5 Å². The van der Waals surface area contributed by atoms with Crippen molar-refractivity contribution in [2.45, 2.75) is 52.2 Å². The molecule has 27 heavy (non-hydrogen) atoms. The summed E-state index contributed by atoms with van der Waals surface area (Å²) < 4.78 is 16.9. The van der Waals surface area contributed by atoms with E-state index in [1.807, 2.05) is 27.7 Å². The van der Waals surface area contributed by atoms with Crippen molar-refractivity contribution in [2.75, 3.05) is 20.0 Å². The first-order chi connectivity index (χ1) is 12.9. The van der Waals surface area contributed by atoms with Gasteiger partial charge in [0, 0.05) is 12.5 Å². The second kappa shape index (κ2) is 7.12. The molecule has 6 atom stereocenters. The van der Waals surface area contributed by atoms with Crippen LogP contribution in [0.2, 0.25) is 0 Å². The SMILES string of the molecule is CCOCOC[C@H]1C[C@@H]2O[C@H]1[C@H]1C(=O)C(c3c(C)cc(C)cc3C)C(=O)[C@H]12. The lowest BCUT2D eigenvalue weighted by atomic mass is 9.75. The number of Topliss-reactive ketones (excluding diaryl/α,β-unsaturated/α-hetero) is 2. The Morgan fingerprint density at radius 3 is 2.37 bits per heavy atom. The van der Waals surface area contributed by atoms with Gasteiger partial charge in [0.25, 0.3) is 0 Å². The van der Waals surface area contributed by atoms with Gasteiger partial charge in [0.15, 0.2) is 11.6 Å². The molecule has 2 bridgehead atoms. The number of hydrogen-bond donors (Lipinski definition) is 0. The molecule has 1 aromatic carbocycles. The van der Waals surface area contributed by atoms with Crippen molar-refractivity contribution >= 4 is 11.6 Å². The van der Waals surface area contributed by atoms with Crippen LogP contribution in [0.3, 0.4) is 0 Å². The summed E-state index contributed by atoms with van der Waals surface area (Å²) in [5.41, 5.74) is 4.13. The molecule has 146 valence electrons. The van der Waals surface area contributed by atoms with Crippen LogP contribution in [-0.2, 0) is 23.8 Å². The Hall–Kier alpha value is -1.56. The third kappa shape index (κ3) is 2.96. The summed E-state index contributed by atoms with van der Waals surface area (Å²) in [6.45, 7) is 9.35. The number of benzene rings is 1. The van der Waals surface area contributed by atoms with Crippen LogP contribution in [-0.4, -0.2) is 43.8 Å². The number of rotatable bonds is 6. The van der Waals surface area contributed by atoms with E-state index in [4.69, 9.17) is 14.2 Å². The Labute approximate surface area is 160 Å². The smallest absolute Gasteiger partial charge is 0.154 e. The first-order valence-electron chi connectivity index (χ1n) is 9.90. The molecule has 1 aliphatic carbocycles. The van der Waals surface area contributed by atoms with Crippen LogP contribution in [0.15, 0.2) is 12.1 Å². The van der Waals surface area contributed by atoms with E-state index in [0.717, 1.165) is 28.7 Å². The van der Waals surface area contributed by atoms with Gasteiger partial charge in [0.1, 0.15) is 12.7 Å². The molecule has 1 aromatic rings. The van der Waals surface area contributed by atoms with Gasteiger partial charge in [0.2, 0.25) is 0 Å². The van der Waals surface area contributed by atoms with E-state index in [9.17, 15) is 9.59 Å². The maximum atomic E-state index is 13.3. The number of carbonyl (C=O) groups excluding carboxylic acids is 2. The summed E-state index contributed by atoms with van der Waals surface area (Å²) >= 11 is 0. The van der Waals surface area contributed by atoms with E-state index >= 15 is 0 Å². The molecule has 0 radical (unpaired) electrons. The minimum absolute atomic E-state index is 0.0436. The first-order valence-corrected chi connectivity index (χ1v) is 9.90. The molecule has 2 aliphatic heterocycles. The van der Waals surface area contributed by atoms with Crippen molar-refractivity contribution in [3.8, 4) is 0 Å². The fourth-order valence-corrected chi connectivity index (χ4v) is 5.51. The zero-order valence-electron chi connectivity index (χ0n) is 16.5. The zero-order valence-corrected chi connectivity index (χ0v) is 16.5. The number of ketones is 2. The van der Waals surface area contributed by atoms with Gasteiger partial charge in [-0.1, -0.05) is 17.7 Å². The maximum absolute atomic E-state index is 13.3. The number of ether oxygens (including phenoxy) is 3. The minimum Gasteiger partial charge on any atom is -0.373 e. The number of carbonyl (C=O) groups is 2. The molecule has 0 spiro atoms. The van der Waals surface area contributed by atoms with Gasteiger partial charge in [-0.25, -0.2) is 0 Å². The second-order valence-corrected chi connectivity index (χ2v) is 8.22. The van der Waals surface area contributed by atoms with Gasteiger partial charge in [0.05, 0.1) is 30.7 Å². The van der Waals surface area contributed by atoms with Crippen molar-refractivity contribution in [1.82, 2.24) is 0 Å². The van der Waals surface area contributed by atoms with Crippen LogP contribution in [0.1, 0.15) is 41.5 Å². The predicted octanol–water partition coefficient (Wildman–Crippen LogP) is 2.88. The van der Waals surface area contributed by atoms with E-state index in [-0.39, 0.29) is 48.3 Å². The van der Waals surface area contributed by atoms with Crippen molar-refractivity contribution in [3.05, 3.63) is 34.4 Å². The van der Waals surface area contributed by atoms with Gasteiger partial charge in [-0.05, 0) is 50.8 Å². The highest BCUT2D eigenvalue weighted by molar-refractivity contribution is 6.17. The van der Waals surface area contributed by atoms with Gasteiger partial charge in [-0.15, -0.1) is 0 Å². The first kappa shape index (κ1) is 18.8. The Bertz CT molecular complexity index is 747. The highest BCUT2D eigenvalue weighted by atomic mass is 16.7. The largest absolute Gasteiger partial charge is 0.373 e. The van der Waals surface area contributed by atoms with E-state index in [0.29, 0.717) is 13.2 Å². The van der Waals surface area contributed by atoms with E-state index in [1.54, 1.807) is 0 Å². The second-order valence-electron chi connectivity index (χ2n) is 8.22. The Morgan fingerprint density at radius 2 is 1.70 bits per heavy atom. The van der Waals surface area contributed by atoms with Crippen molar-refractivity contribution < 1.29 is 23.8 Å². The Balaban J connectivity index is 1.56. The van der Waals surface area contributed by atoms with Crippen LogP contribution < -0.4 is 0 Å². The van der Waals surface area contributed by atoms with E-state index in [1.165, 1.54) is 0 Å². The maximum Gasteiger partial charge on any atom is 0.154 e. The summed E-state index contributed by atoms with van der Waals surface area (Å²) in [5, 5.41) is 0. The predicted molar refractivity (Wildman–Crippen MR) is 99.6 cm³/mol. The number of fused-ring (bicyclic) bond motifs is 5. The number of hydrogen-bond acceptors (Lipinski definition) is 5. The van der Waals surface area contributed by atoms with Gasteiger partial charge < -0.3 is 14.2 Å². The quantitative estimate of drug-likeness (QED) is 0.437. The Kier molecular flexibility index (Phi) is 4.95. The molecule has 5 heteroatoms. The summed E-state index contributed by atoms with van der Waals surface area (Å²) in [7, 11) is 0. The fourth-order valence-electron chi connectivity index (χ4n) is 5.51. The minimum atomic E-state index is -0.627. The fraction of sp³-hybridized carbons (Fsp3) is 0.636. The molecule has 1 unspecified atom stereocenters. The summed E-state index contributed by atoms with van der Waals surface area (Å²) in [4.78, 5) is 26.6. The average Bonchev–Trinajstić information content (AvgIpc) is 3.25. The summed E-state index contributed by atoms with van der Waals surface area (Å²) in [5.74, 6) is -0.967. The third-order valence-corrected chi connectivity index (χ3v) is 6.43. The van der Waals surface area contributed by atoms with E-state index in [2.05, 4.69) is 12.1 Å². The van der Waals surface area contributed by atoms with E-state index < -0.39 is 5.92 Å². The lowest BCUT2D eigenvalue weighted by Crippen LogP contribution is -2.37. The standard InChI is InChI=1S/C22H28O5/c1-5-25-10-26-9-14-8-15-17-19(22(14)27-15)21(24)18(20(17)23)16-12(3)6-11(2)7-13(16)4/h6-7,14-15,17-19,22H,5,8-10H2,1-4H3/t14-,15+,17+,18?,19-,22-/m1/s1. The topological polar surface area (TPSA) is 61.8 Å².